The Morgan fingerprint density at radius 2 is 1.88 bits per heavy atom. The summed E-state index contributed by atoms with van der Waals surface area (Å²) in [6.07, 6.45) is 0.744. The molecule has 1 atom stereocenters. The van der Waals surface area contributed by atoms with Crippen LogP contribution in [-0.2, 0) is 17.6 Å². The van der Waals surface area contributed by atoms with Crippen LogP contribution in [0, 0.1) is 5.92 Å². The molecule has 8 heteroatoms. The van der Waals surface area contributed by atoms with Gasteiger partial charge in [0.05, 0.1) is 0 Å². The number of primary amides is 1. The second-order valence-corrected chi connectivity index (χ2v) is 6.49. The number of carbonyl (C=O) groups is 2. The van der Waals surface area contributed by atoms with Crippen molar-refractivity contribution in [3.8, 4) is 5.75 Å². The molecule has 0 radical (unpaired) electrons. The number of aromatic hydroxyl groups is 1. The Morgan fingerprint density at radius 3 is 2.46 bits per heavy atom. The van der Waals surface area contributed by atoms with Crippen molar-refractivity contribution in [1.82, 2.24) is 15.3 Å². The molecule has 0 spiro atoms. The summed E-state index contributed by atoms with van der Waals surface area (Å²) in [6, 6.07) is 6.74. The number of phenolic OH excluding ortho intramolecular Hbond substituents is 1. The SMILES string of the molecule is CC(C)Cc1cc(C(=O)N[C@@H](Cc2ccc(O)cc2)C(N)=O)nc(=O)[nH]1. The van der Waals surface area contributed by atoms with E-state index in [2.05, 4.69) is 15.3 Å². The van der Waals surface area contributed by atoms with E-state index in [1.807, 2.05) is 13.8 Å². The lowest BCUT2D eigenvalue weighted by atomic mass is 10.0. The second-order valence-electron chi connectivity index (χ2n) is 6.49. The number of hydrogen-bond donors (Lipinski definition) is 4. The Balaban J connectivity index is 2.17. The number of H-pyrrole nitrogens is 1. The van der Waals surface area contributed by atoms with Gasteiger partial charge >= 0.3 is 5.69 Å². The molecular weight excluding hydrogens is 336 g/mol. The van der Waals surface area contributed by atoms with Crippen molar-refractivity contribution in [2.75, 3.05) is 0 Å². The van der Waals surface area contributed by atoms with Gasteiger partial charge in [0.25, 0.3) is 5.91 Å². The summed E-state index contributed by atoms with van der Waals surface area (Å²) in [6.45, 7) is 3.97. The lowest BCUT2D eigenvalue weighted by Gasteiger charge is -2.15. The maximum Gasteiger partial charge on any atom is 0.345 e. The first-order valence-electron chi connectivity index (χ1n) is 8.23. The molecule has 2 aromatic rings. The first-order chi connectivity index (χ1) is 12.2. The first-order valence-corrected chi connectivity index (χ1v) is 8.23. The zero-order valence-electron chi connectivity index (χ0n) is 14.7. The average molecular weight is 358 g/mol. The Labute approximate surface area is 150 Å². The molecule has 5 N–H and O–H groups in total. The lowest BCUT2D eigenvalue weighted by molar-refractivity contribution is -0.119. The number of aromatic amines is 1. The third kappa shape index (κ3) is 5.44. The molecule has 138 valence electrons. The van der Waals surface area contributed by atoms with E-state index in [9.17, 15) is 19.5 Å². The predicted molar refractivity (Wildman–Crippen MR) is 95.7 cm³/mol. The average Bonchev–Trinajstić information content (AvgIpc) is 2.54. The van der Waals surface area contributed by atoms with Crippen LogP contribution in [0.3, 0.4) is 0 Å². The van der Waals surface area contributed by atoms with Gasteiger partial charge in [0.15, 0.2) is 0 Å². The lowest BCUT2D eigenvalue weighted by Crippen LogP contribution is -2.46. The van der Waals surface area contributed by atoms with Crippen LogP contribution in [0.1, 0.15) is 35.6 Å². The monoisotopic (exact) mass is 358 g/mol. The number of nitrogens with two attached hydrogens (primary N) is 1. The quantitative estimate of drug-likeness (QED) is 0.571. The minimum atomic E-state index is -0.971. The van der Waals surface area contributed by atoms with Crippen LogP contribution in [0.2, 0.25) is 0 Å². The van der Waals surface area contributed by atoms with Crippen molar-refractivity contribution in [1.29, 1.82) is 0 Å². The highest BCUT2D eigenvalue weighted by atomic mass is 16.3. The van der Waals surface area contributed by atoms with E-state index in [0.717, 1.165) is 0 Å². The van der Waals surface area contributed by atoms with E-state index in [-0.39, 0.29) is 23.8 Å². The Kier molecular flexibility index (Phi) is 6.11. The van der Waals surface area contributed by atoms with Crippen molar-refractivity contribution >= 4 is 11.8 Å². The summed E-state index contributed by atoms with van der Waals surface area (Å²) in [5.41, 5.74) is 5.99. The van der Waals surface area contributed by atoms with Gasteiger partial charge in [-0.3, -0.25) is 9.59 Å². The maximum absolute atomic E-state index is 12.4. The van der Waals surface area contributed by atoms with Crippen LogP contribution in [0.4, 0.5) is 0 Å². The summed E-state index contributed by atoms with van der Waals surface area (Å²) >= 11 is 0. The number of carbonyl (C=O) groups excluding carboxylic acids is 2. The van der Waals surface area contributed by atoms with Gasteiger partial charge in [-0.15, -0.1) is 0 Å². The van der Waals surface area contributed by atoms with Crippen molar-refractivity contribution < 1.29 is 14.7 Å². The van der Waals surface area contributed by atoms with E-state index in [0.29, 0.717) is 17.7 Å². The summed E-state index contributed by atoms with van der Waals surface area (Å²) < 4.78 is 0. The smallest absolute Gasteiger partial charge is 0.345 e. The number of rotatable bonds is 7. The minimum Gasteiger partial charge on any atom is -0.508 e. The molecule has 2 rings (SSSR count). The number of phenols is 1. The first kappa shape index (κ1) is 19.2. The Hall–Kier alpha value is -3.16. The maximum atomic E-state index is 12.4. The van der Waals surface area contributed by atoms with Crippen LogP contribution < -0.4 is 16.7 Å². The summed E-state index contributed by atoms with van der Waals surface area (Å²) in [7, 11) is 0. The third-order valence-electron chi connectivity index (χ3n) is 3.69. The van der Waals surface area contributed by atoms with Crippen molar-refractivity contribution in [3.63, 3.8) is 0 Å². The zero-order valence-corrected chi connectivity index (χ0v) is 14.7. The van der Waals surface area contributed by atoms with Gasteiger partial charge in [-0.1, -0.05) is 26.0 Å². The highest BCUT2D eigenvalue weighted by Crippen LogP contribution is 2.12. The summed E-state index contributed by atoms with van der Waals surface area (Å²) in [5, 5.41) is 11.8. The number of benzene rings is 1. The number of nitrogens with zero attached hydrogens (tertiary/aromatic N) is 1. The van der Waals surface area contributed by atoms with E-state index >= 15 is 0 Å². The number of amides is 2. The van der Waals surface area contributed by atoms with Gasteiger partial charge in [-0.05, 0) is 36.1 Å². The van der Waals surface area contributed by atoms with Crippen molar-refractivity contribution in [2.24, 2.45) is 11.7 Å². The molecule has 26 heavy (non-hydrogen) atoms. The van der Waals surface area contributed by atoms with Crippen molar-refractivity contribution in [3.05, 3.63) is 57.8 Å². The molecule has 1 aromatic carbocycles. The van der Waals surface area contributed by atoms with Crippen molar-refractivity contribution in [2.45, 2.75) is 32.7 Å². The van der Waals surface area contributed by atoms with Gasteiger partial charge < -0.3 is 21.1 Å². The molecule has 2 amide bonds. The normalized spacial score (nSPS) is 12.0. The van der Waals surface area contributed by atoms with Crippen LogP contribution in [0.25, 0.3) is 0 Å². The number of aromatic nitrogens is 2. The van der Waals surface area contributed by atoms with Crippen LogP contribution in [0.15, 0.2) is 35.1 Å². The third-order valence-corrected chi connectivity index (χ3v) is 3.69. The molecule has 0 bridgehead atoms. The summed E-state index contributed by atoms with van der Waals surface area (Å²) in [5.74, 6) is -0.974. The number of hydrogen-bond acceptors (Lipinski definition) is 5. The van der Waals surface area contributed by atoms with E-state index in [1.165, 1.54) is 18.2 Å². The second kappa shape index (κ2) is 8.28. The molecule has 0 aliphatic rings. The van der Waals surface area contributed by atoms with Gasteiger partial charge in [0.1, 0.15) is 17.5 Å². The minimum absolute atomic E-state index is 0.0682. The summed E-state index contributed by atoms with van der Waals surface area (Å²) in [4.78, 5) is 42.0. The number of nitrogens with one attached hydrogen (secondary N) is 2. The molecule has 0 saturated heterocycles. The molecule has 8 nitrogen and oxygen atoms in total. The fourth-order valence-electron chi connectivity index (χ4n) is 2.50. The zero-order chi connectivity index (χ0) is 19.3. The highest BCUT2D eigenvalue weighted by molar-refractivity contribution is 5.95. The molecule has 1 aromatic heterocycles. The molecule has 0 saturated carbocycles. The fraction of sp³-hybridized carbons (Fsp3) is 0.333. The molecule has 1 heterocycles. The molecule has 0 aliphatic heterocycles. The standard InChI is InChI=1S/C18H22N4O4/c1-10(2)7-12-9-15(22-18(26)20-12)17(25)21-14(16(19)24)8-11-3-5-13(23)6-4-11/h3-6,9-10,14,23H,7-8H2,1-2H3,(H2,19,24)(H,21,25)(H,20,22,26)/t14-/m0/s1. The largest absolute Gasteiger partial charge is 0.508 e. The molecular formula is C18H22N4O4. The Morgan fingerprint density at radius 1 is 1.23 bits per heavy atom. The molecule has 0 aliphatic carbocycles. The van der Waals surface area contributed by atoms with Crippen LogP contribution in [0.5, 0.6) is 5.75 Å². The molecule has 0 fully saturated rings. The van der Waals surface area contributed by atoms with E-state index in [4.69, 9.17) is 5.73 Å². The van der Waals surface area contributed by atoms with Gasteiger partial charge in [-0.25, -0.2) is 4.79 Å². The topological polar surface area (TPSA) is 138 Å². The molecule has 0 unspecified atom stereocenters. The Bertz CT molecular complexity index is 843. The van der Waals surface area contributed by atoms with Gasteiger partial charge in [0.2, 0.25) is 5.91 Å². The fourth-order valence-corrected chi connectivity index (χ4v) is 2.50. The van der Waals surface area contributed by atoms with Gasteiger partial charge in [-0.2, -0.15) is 4.98 Å². The van der Waals surface area contributed by atoms with Crippen LogP contribution >= 0.6 is 0 Å². The highest BCUT2D eigenvalue weighted by Gasteiger charge is 2.21. The van der Waals surface area contributed by atoms with Gasteiger partial charge in [0, 0.05) is 12.1 Å². The van der Waals surface area contributed by atoms with E-state index < -0.39 is 23.5 Å². The van der Waals surface area contributed by atoms with E-state index in [1.54, 1.807) is 12.1 Å². The van der Waals surface area contributed by atoms with Crippen LogP contribution in [-0.4, -0.2) is 32.9 Å². The predicted octanol–water partition coefficient (Wildman–Crippen LogP) is 0.500.